The first kappa shape index (κ1) is 11.9. The average Bonchev–Trinajstić information content (AvgIpc) is 2.82. The van der Waals surface area contributed by atoms with Crippen LogP contribution in [0.4, 0.5) is 5.82 Å². The molecule has 2 N–H and O–H groups in total. The fourth-order valence-electron chi connectivity index (χ4n) is 1.59. The Balaban J connectivity index is 2.05. The van der Waals surface area contributed by atoms with E-state index >= 15 is 0 Å². The summed E-state index contributed by atoms with van der Waals surface area (Å²) in [4.78, 5) is 26.3. The number of carboxylic acids is 1. The molecule has 0 bridgehead atoms. The molecule has 90 valence electrons. The molecule has 17 heavy (non-hydrogen) atoms. The maximum absolute atomic E-state index is 11.8. The van der Waals surface area contributed by atoms with Gasteiger partial charge in [0.2, 0.25) is 5.91 Å². The Bertz CT molecular complexity index is 444. The lowest BCUT2D eigenvalue weighted by molar-refractivity contribution is -0.119. The van der Waals surface area contributed by atoms with Crippen molar-refractivity contribution in [3.8, 4) is 0 Å². The highest BCUT2D eigenvalue weighted by Crippen LogP contribution is 2.24. The first-order valence-corrected chi connectivity index (χ1v) is 6.41. The zero-order chi connectivity index (χ0) is 12.3. The second-order valence-electron chi connectivity index (χ2n) is 3.76. The third-order valence-corrected chi connectivity index (χ3v) is 3.68. The number of hydrogen-bond donors (Lipinski definition) is 2. The molecule has 1 aromatic heterocycles. The number of aromatic carboxylic acids is 1. The van der Waals surface area contributed by atoms with E-state index in [0.29, 0.717) is 5.82 Å². The van der Waals surface area contributed by atoms with Crippen LogP contribution >= 0.6 is 11.8 Å². The molecule has 0 aromatic carbocycles. The van der Waals surface area contributed by atoms with Crippen LogP contribution in [0, 0.1) is 5.92 Å². The van der Waals surface area contributed by atoms with Crippen molar-refractivity contribution < 1.29 is 14.7 Å². The van der Waals surface area contributed by atoms with Crippen LogP contribution in [0.1, 0.15) is 16.9 Å². The van der Waals surface area contributed by atoms with Gasteiger partial charge in [0.1, 0.15) is 5.82 Å². The Kier molecular flexibility index (Phi) is 3.63. The van der Waals surface area contributed by atoms with Gasteiger partial charge in [-0.2, -0.15) is 11.8 Å². The van der Waals surface area contributed by atoms with Gasteiger partial charge in [0, 0.05) is 11.7 Å². The highest BCUT2D eigenvalue weighted by atomic mass is 32.2. The van der Waals surface area contributed by atoms with Crippen LogP contribution in [0.3, 0.4) is 0 Å². The van der Waals surface area contributed by atoms with Crippen molar-refractivity contribution in [2.75, 3.05) is 16.8 Å². The van der Waals surface area contributed by atoms with E-state index in [1.165, 1.54) is 6.07 Å². The second-order valence-corrected chi connectivity index (χ2v) is 4.91. The van der Waals surface area contributed by atoms with E-state index < -0.39 is 5.97 Å². The van der Waals surface area contributed by atoms with Gasteiger partial charge >= 0.3 is 5.97 Å². The van der Waals surface area contributed by atoms with Crippen LogP contribution in [0.5, 0.6) is 0 Å². The largest absolute Gasteiger partial charge is 0.477 e. The van der Waals surface area contributed by atoms with E-state index in [0.717, 1.165) is 17.9 Å². The molecular weight excluding hydrogens is 240 g/mol. The van der Waals surface area contributed by atoms with E-state index in [4.69, 9.17) is 5.11 Å². The van der Waals surface area contributed by atoms with E-state index in [-0.39, 0.29) is 17.5 Å². The number of thioether (sulfide) groups is 1. The minimum atomic E-state index is -1.10. The summed E-state index contributed by atoms with van der Waals surface area (Å²) in [6.07, 6.45) is 0.870. The van der Waals surface area contributed by atoms with Gasteiger partial charge in [-0.15, -0.1) is 0 Å². The molecule has 0 radical (unpaired) electrons. The third kappa shape index (κ3) is 2.97. The molecule has 0 spiro atoms. The molecule has 6 heteroatoms. The molecular formula is C11H12N2O3S. The fraction of sp³-hybridized carbons (Fsp3) is 0.364. The van der Waals surface area contributed by atoms with Crippen molar-refractivity contribution in [3.05, 3.63) is 23.9 Å². The number of carbonyl (C=O) groups is 2. The van der Waals surface area contributed by atoms with Crippen molar-refractivity contribution in [2.45, 2.75) is 6.42 Å². The van der Waals surface area contributed by atoms with Gasteiger partial charge in [-0.25, -0.2) is 9.78 Å². The van der Waals surface area contributed by atoms with E-state index in [1.54, 1.807) is 23.9 Å². The van der Waals surface area contributed by atoms with Crippen LogP contribution in [0.2, 0.25) is 0 Å². The molecule has 2 heterocycles. The standard InChI is InChI=1S/C11H12N2O3S/c14-10(7-4-5-17-6-7)13-9-3-1-2-8(12-9)11(15)16/h1-3,7H,4-6H2,(H,15,16)(H,12,13,14). The Morgan fingerprint density at radius 1 is 1.47 bits per heavy atom. The molecule has 1 amide bonds. The van der Waals surface area contributed by atoms with Crippen molar-refractivity contribution in [3.63, 3.8) is 0 Å². The number of nitrogens with zero attached hydrogens (tertiary/aromatic N) is 1. The molecule has 0 aliphatic carbocycles. The number of amides is 1. The second kappa shape index (κ2) is 5.18. The van der Waals surface area contributed by atoms with E-state index in [1.807, 2.05) is 0 Å². The minimum Gasteiger partial charge on any atom is -0.477 e. The summed E-state index contributed by atoms with van der Waals surface area (Å²) in [6.45, 7) is 0. The Morgan fingerprint density at radius 2 is 2.29 bits per heavy atom. The number of aromatic nitrogens is 1. The topological polar surface area (TPSA) is 79.3 Å². The van der Waals surface area contributed by atoms with Crippen molar-refractivity contribution in [1.82, 2.24) is 4.98 Å². The van der Waals surface area contributed by atoms with Crippen molar-refractivity contribution >= 4 is 29.5 Å². The lowest BCUT2D eigenvalue weighted by atomic mass is 10.1. The maximum atomic E-state index is 11.8. The number of nitrogens with one attached hydrogen (secondary N) is 1. The number of carboxylic acid groups (broad SMARTS) is 1. The highest BCUT2D eigenvalue weighted by molar-refractivity contribution is 7.99. The zero-order valence-corrected chi connectivity index (χ0v) is 9.87. The molecule has 5 nitrogen and oxygen atoms in total. The Labute approximate surface area is 103 Å². The Hall–Kier alpha value is -1.56. The van der Waals surface area contributed by atoms with Gasteiger partial charge in [0.05, 0.1) is 0 Å². The van der Waals surface area contributed by atoms with E-state index in [9.17, 15) is 9.59 Å². The summed E-state index contributed by atoms with van der Waals surface area (Å²) in [5, 5.41) is 11.4. The van der Waals surface area contributed by atoms with Crippen LogP contribution in [0.15, 0.2) is 18.2 Å². The van der Waals surface area contributed by atoms with Gasteiger partial charge in [-0.3, -0.25) is 4.79 Å². The summed E-state index contributed by atoms with van der Waals surface area (Å²) < 4.78 is 0. The van der Waals surface area contributed by atoms with Gasteiger partial charge in [0.25, 0.3) is 0 Å². The zero-order valence-electron chi connectivity index (χ0n) is 9.05. The lowest BCUT2D eigenvalue weighted by Gasteiger charge is -2.09. The monoisotopic (exact) mass is 252 g/mol. The molecule has 1 atom stereocenters. The maximum Gasteiger partial charge on any atom is 0.354 e. The molecule has 1 fully saturated rings. The van der Waals surface area contributed by atoms with Gasteiger partial charge in [-0.05, 0) is 24.3 Å². The molecule has 1 aliphatic rings. The molecule has 1 unspecified atom stereocenters. The number of pyridine rings is 1. The predicted molar refractivity (Wildman–Crippen MR) is 65.3 cm³/mol. The summed E-state index contributed by atoms with van der Waals surface area (Å²) in [6, 6.07) is 4.55. The number of hydrogen-bond acceptors (Lipinski definition) is 4. The normalized spacial score (nSPS) is 18.9. The van der Waals surface area contributed by atoms with Crippen molar-refractivity contribution in [1.29, 1.82) is 0 Å². The number of carbonyl (C=O) groups excluding carboxylic acids is 1. The van der Waals surface area contributed by atoms with Crippen molar-refractivity contribution in [2.24, 2.45) is 5.92 Å². The quantitative estimate of drug-likeness (QED) is 0.851. The summed E-state index contributed by atoms with van der Waals surface area (Å²) >= 11 is 1.75. The van der Waals surface area contributed by atoms with Crippen LogP contribution in [-0.4, -0.2) is 33.5 Å². The lowest BCUT2D eigenvalue weighted by Crippen LogP contribution is -2.23. The van der Waals surface area contributed by atoms with Gasteiger partial charge in [0.15, 0.2) is 5.69 Å². The van der Waals surface area contributed by atoms with Gasteiger partial charge in [-0.1, -0.05) is 6.07 Å². The van der Waals surface area contributed by atoms with Crippen LogP contribution < -0.4 is 5.32 Å². The summed E-state index contributed by atoms with van der Waals surface area (Å²) in [5.74, 6) is 0.954. The molecule has 1 aromatic rings. The molecule has 1 saturated heterocycles. The average molecular weight is 252 g/mol. The summed E-state index contributed by atoms with van der Waals surface area (Å²) in [7, 11) is 0. The van der Waals surface area contributed by atoms with Crippen LogP contribution in [0.25, 0.3) is 0 Å². The molecule has 2 rings (SSSR count). The van der Waals surface area contributed by atoms with Gasteiger partial charge < -0.3 is 10.4 Å². The first-order chi connectivity index (χ1) is 8.16. The molecule has 1 aliphatic heterocycles. The van der Waals surface area contributed by atoms with E-state index in [2.05, 4.69) is 10.3 Å². The Morgan fingerprint density at radius 3 is 2.94 bits per heavy atom. The number of anilines is 1. The molecule has 0 saturated carbocycles. The fourth-order valence-corrected chi connectivity index (χ4v) is 2.81. The summed E-state index contributed by atoms with van der Waals surface area (Å²) in [5.41, 5.74) is -0.0661. The smallest absolute Gasteiger partial charge is 0.354 e. The first-order valence-electron chi connectivity index (χ1n) is 5.26. The predicted octanol–water partition coefficient (Wildman–Crippen LogP) is 1.47. The number of rotatable bonds is 3. The SMILES string of the molecule is O=C(O)c1cccc(NC(=O)C2CCSC2)n1. The van der Waals surface area contributed by atoms with Crippen LogP contribution in [-0.2, 0) is 4.79 Å². The highest BCUT2D eigenvalue weighted by Gasteiger charge is 2.23. The third-order valence-electron chi connectivity index (χ3n) is 2.52. The minimum absolute atomic E-state index is 0.00952.